The lowest BCUT2D eigenvalue weighted by Crippen LogP contribution is -2.25. The van der Waals surface area contributed by atoms with Crippen LogP contribution in [0, 0.1) is 5.92 Å². The lowest BCUT2D eigenvalue weighted by atomic mass is 10.0. The maximum absolute atomic E-state index is 12.2. The van der Waals surface area contributed by atoms with Crippen molar-refractivity contribution in [2.45, 2.75) is 6.92 Å². The van der Waals surface area contributed by atoms with E-state index in [1.54, 1.807) is 6.08 Å². The van der Waals surface area contributed by atoms with Gasteiger partial charge in [0.2, 0.25) is 0 Å². The standard InChI is InChI=1S/C19H19NO3/c1-3-20-13-17(19(22)23-2)18(21)11-9-14-8-10-15-6-4-5-7-16(15)12-14/h4-13,17H,3H2,1-2H3. The van der Waals surface area contributed by atoms with Crippen LogP contribution in [0.1, 0.15) is 12.5 Å². The zero-order valence-electron chi connectivity index (χ0n) is 13.2. The molecule has 0 aliphatic carbocycles. The largest absolute Gasteiger partial charge is 0.468 e. The van der Waals surface area contributed by atoms with Crippen molar-refractivity contribution in [3.05, 3.63) is 54.1 Å². The highest BCUT2D eigenvalue weighted by molar-refractivity contribution is 6.17. The first-order chi connectivity index (χ1) is 11.2. The van der Waals surface area contributed by atoms with E-state index in [4.69, 9.17) is 0 Å². The van der Waals surface area contributed by atoms with Gasteiger partial charge >= 0.3 is 5.97 Å². The van der Waals surface area contributed by atoms with Gasteiger partial charge in [0.15, 0.2) is 11.7 Å². The van der Waals surface area contributed by atoms with E-state index in [1.165, 1.54) is 19.4 Å². The molecule has 0 saturated heterocycles. The molecule has 0 N–H and O–H groups in total. The van der Waals surface area contributed by atoms with Crippen molar-refractivity contribution in [1.82, 2.24) is 0 Å². The summed E-state index contributed by atoms with van der Waals surface area (Å²) in [5.41, 5.74) is 0.896. The van der Waals surface area contributed by atoms with E-state index in [9.17, 15) is 9.59 Å². The molecule has 118 valence electrons. The monoisotopic (exact) mass is 309 g/mol. The minimum atomic E-state index is -0.989. The topological polar surface area (TPSA) is 55.7 Å². The second-order valence-electron chi connectivity index (χ2n) is 4.99. The Labute approximate surface area is 135 Å². The van der Waals surface area contributed by atoms with Crippen LogP contribution in [0.25, 0.3) is 16.8 Å². The van der Waals surface area contributed by atoms with Crippen LogP contribution in [0.15, 0.2) is 53.5 Å². The van der Waals surface area contributed by atoms with Gasteiger partial charge in [-0.3, -0.25) is 14.6 Å². The number of fused-ring (bicyclic) bond motifs is 1. The molecule has 0 aromatic heterocycles. The molecule has 0 saturated carbocycles. The lowest BCUT2D eigenvalue weighted by molar-refractivity contribution is -0.145. The molecule has 2 aromatic rings. The Morgan fingerprint density at radius 2 is 1.91 bits per heavy atom. The van der Waals surface area contributed by atoms with Crippen LogP contribution in [-0.4, -0.2) is 31.6 Å². The molecule has 4 nitrogen and oxygen atoms in total. The molecule has 4 heteroatoms. The molecule has 1 unspecified atom stereocenters. The van der Waals surface area contributed by atoms with Gasteiger partial charge in [0.05, 0.1) is 7.11 Å². The van der Waals surface area contributed by atoms with Crippen molar-refractivity contribution < 1.29 is 14.3 Å². The van der Waals surface area contributed by atoms with Gasteiger partial charge in [-0.2, -0.15) is 0 Å². The van der Waals surface area contributed by atoms with E-state index in [1.807, 2.05) is 49.4 Å². The molecule has 0 amide bonds. The third-order valence-corrected chi connectivity index (χ3v) is 3.41. The van der Waals surface area contributed by atoms with E-state index in [2.05, 4.69) is 9.73 Å². The van der Waals surface area contributed by atoms with E-state index >= 15 is 0 Å². The summed E-state index contributed by atoms with van der Waals surface area (Å²) in [5, 5.41) is 2.23. The molecule has 0 spiro atoms. The first-order valence-corrected chi connectivity index (χ1v) is 7.44. The Kier molecular flexibility index (Phi) is 5.80. The van der Waals surface area contributed by atoms with Gasteiger partial charge in [0.25, 0.3) is 0 Å². The van der Waals surface area contributed by atoms with Gasteiger partial charge in [-0.25, -0.2) is 0 Å². The smallest absolute Gasteiger partial charge is 0.322 e. The first-order valence-electron chi connectivity index (χ1n) is 7.44. The maximum Gasteiger partial charge on any atom is 0.322 e. The Morgan fingerprint density at radius 3 is 2.61 bits per heavy atom. The van der Waals surface area contributed by atoms with Crippen molar-refractivity contribution >= 4 is 34.8 Å². The third kappa shape index (κ3) is 4.36. The second-order valence-corrected chi connectivity index (χ2v) is 4.99. The number of esters is 1. The van der Waals surface area contributed by atoms with Crippen LogP contribution in [0.5, 0.6) is 0 Å². The van der Waals surface area contributed by atoms with Crippen LogP contribution in [0.4, 0.5) is 0 Å². The van der Waals surface area contributed by atoms with Crippen molar-refractivity contribution in [3.8, 4) is 0 Å². The Morgan fingerprint density at radius 1 is 1.17 bits per heavy atom. The summed E-state index contributed by atoms with van der Waals surface area (Å²) in [6.45, 7) is 2.34. The zero-order valence-corrected chi connectivity index (χ0v) is 13.2. The molecule has 2 aromatic carbocycles. The molecule has 0 bridgehead atoms. The third-order valence-electron chi connectivity index (χ3n) is 3.41. The number of allylic oxidation sites excluding steroid dienone is 1. The number of hydrogen-bond acceptors (Lipinski definition) is 4. The van der Waals surface area contributed by atoms with Crippen LogP contribution in [-0.2, 0) is 14.3 Å². The number of hydrogen-bond donors (Lipinski definition) is 0. The van der Waals surface area contributed by atoms with E-state index < -0.39 is 11.9 Å². The zero-order chi connectivity index (χ0) is 16.7. The predicted octanol–water partition coefficient (Wildman–Crippen LogP) is 3.30. The van der Waals surface area contributed by atoms with E-state index in [0.29, 0.717) is 6.54 Å². The second kappa shape index (κ2) is 8.03. The number of carbonyl (C=O) groups is 2. The van der Waals surface area contributed by atoms with Crippen LogP contribution in [0.2, 0.25) is 0 Å². The minimum Gasteiger partial charge on any atom is -0.468 e. The highest BCUT2D eigenvalue weighted by Gasteiger charge is 2.23. The molecule has 2 rings (SSSR count). The highest BCUT2D eigenvalue weighted by Crippen LogP contribution is 2.16. The lowest BCUT2D eigenvalue weighted by Gasteiger charge is -2.06. The van der Waals surface area contributed by atoms with Crippen molar-refractivity contribution in [3.63, 3.8) is 0 Å². The number of carbonyl (C=O) groups excluding carboxylic acids is 2. The molecule has 0 aliphatic heterocycles. The number of ether oxygens (including phenoxy) is 1. The molecule has 0 heterocycles. The van der Waals surface area contributed by atoms with E-state index in [0.717, 1.165) is 16.3 Å². The Balaban J connectivity index is 2.19. The SMILES string of the molecule is CCN=CC(C(=O)C=Cc1ccc2ccccc2c1)C(=O)OC. The molecule has 1 atom stereocenters. The summed E-state index contributed by atoms with van der Waals surface area (Å²) in [6.07, 6.45) is 4.44. The summed E-state index contributed by atoms with van der Waals surface area (Å²) in [4.78, 5) is 27.9. The summed E-state index contributed by atoms with van der Waals surface area (Å²) in [6, 6.07) is 13.9. The van der Waals surface area contributed by atoms with Gasteiger partial charge in [-0.05, 0) is 35.4 Å². The Bertz CT molecular complexity index is 762. The Hall–Kier alpha value is -2.75. The first kappa shape index (κ1) is 16.6. The molecule has 23 heavy (non-hydrogen) atoms. The number of benzene rings is 2. The van der Waals surface area contributed by atoms with Crippen molar-refractivity contribution in [2.24, 2.45) is 10.9 Å². The van der Waals surface area contributed by atoms with Crippen molar-refractivity contribution in [2.75, 3.05) is 13.7 Å². The van der Waals surface area contributed by atoms with Crippen LogP contribution < -0.4 is 0 Å². The summed E-state index contributed by atoms with van der Waals surface area (Å²) in [5.74, 6) is -1.94. The number of methoxy groups -OCH3 is 1. The minimum absolute atomic E-state index is 0.345. The predicted molar refractivity (Wildman–Crippen MR) is 92.5 cm³/mol. The summed E-state index contributed by atoms with van der Waals surface area (Å²) >= 11 is 0. The molecule has 0 radical (unpaired) electrons. The highest BCUT2D eigenvalue weighted by atomic mass is 16.5. The molecule has 0 aliphatic rings. The van der Waals surface area contributed by atoms with Gasteiger partial charge in [-0.1, -0.05) is 42.5 Å². The van der Waals surface area contributed by atoms with Gasteiger partial charge in [0, 0.05) is 12.8 Å². The van der Waals surface area contributed by atoms with Crippen LogP contribution in [0.3, 0.4) is 0 Å². The molecule has 0 fully saturated rings. The average molecular weight is 309 g/mol. The molecular weight excluding hydrogens is 290 g/mol. The number of nitrogens with zero attached hydrogens (tertiary/aromatic N) is 1. The fourth-order valence-electron chi connectivity index (χ4n) is 2.18. The maximum atomic E-state index is 12.2. The number of ketones is 1. The average Bonchev–Trinajstić information content (AvgIpc) is 2.59. The van der Waals surface area contributed by atoms with Gasteiger partial charge in [-0.15, -0.1) is 0 Å². The van der Waals surface area contributed by atoms with Crippen LogP contribution >= 0.6 is 0 Å². The quantitative estimate of drug-likeness (QED) is 0.356. The number of rotatable bonds is 6. The fraction of sp³-hybridized carbons (Fsp3) is 0.211. The van der Waals surface area contributed by atoms with Gasteiger partial charge in [0.1, 0.15) is 0 Å². The molecular formula is C19H19NO3. The van der Waals surface area contributed by atoms with Crippen molar-refractivity contribution in [1.29, 1.82) is 0 Å². The van der Waals surface area contributed by atoms with E-state index in [-0.39, 0.29) is 5.78 Å². The number of aliphatic imine (C=N–C) groups is 1. The van der Waals surface area contributed by atoms with Gasteiger partial charge < -0.3 is 4.74 Å². The summed E-state index contributed by atoms with van der Waals surface area (Å²) < 4.78 is 4.66. The summed E-state index contributed by atoms with van der Waals surface area (Å²) in [7, 11) is 1.26. The fourth-order valence-corrected chi connectivity index (χ4v) is 2.18. The normalized spacial score (nSPS) is 12.8.